The van der Waals surface area contributed by atoms with Crippen molar-refractivity contribution in [2.75, 3.05) is 6.61 Å². The summed E-state index contributed by atoms with van der Waals surface area (Å²) in [5, 5.41) is 18.9. The van der Waals surface area contributed by atoms with Gasteiger partial charge in [0.1, 0.15) is 6.61 Å². The molecule has 5 heteroatoms. The average molecular weight is 342 g/mol. The second kappa shape index (κ2) is 12.3. The summed E-state index contributed by atoms with van der Waals surface area (Å²) in [7, 11) is 0. The highest BCUT2D eigenvalue weighted by molar-refractivity contribution is 5.74. The van der Waals surface area contributed by atoms with Gasteiger partial charge in [0.2, 0.25) is 0 Å². The van der Waals surface area contributed by atoms with E-state index in [0.29, 0.717) is 32.1 Å². The molecule has 1 rings (SSSR count). The fourth-order valence-electron chi connectivity index (χ4n) is 3.29. The fraction of sp³-hybridized carbons (Fsp3) is 0.895. The van der Waals surface area contributed by atoms with Gasteiger partial charge in [-0.15, -0.1) is 0 Å². The highest BCUT2D eigenvalue weighted by atomic mass is 16.5. The van der Waals surface area contributed by atoms with E-state index in [1.54, 1.807) is 0 Å². The van der Waals surface area contributed by atoms with Gasteiger partial charge in [0.15, 0.2) is 0 Å². The molecule has 0 spiro atoms. The summed E-state index contributed by atoms with van der Waals surface area (Å²) in [6.07, 6.45) is 10.7. The van der Waals surface area contributed by atoms with Gasteiger partial charge in [0.25, 0.3) is 0 Å². The molecule has 1 aliphatic rings. The largest absolute Gasteiger partial charge is 0.481 e. The van der Waals surface area contributed by atoms with Crippen molar-refractivity contribution in [3.8, 4) is 0 Å². The highest BCUT2D eigenvalue weighted by Crippen LogP contribution is 2.29. The van der Waals surface area contributed by atoms with Gasteiger partial charge in [-0.05, 0) is 32.1 Å². The number of hydrogen-bond donors (Lipinski definition) is 2. The third-order valence-corrected chi connectivity index (χ3v) is 4.97. The minimum absolute atomic E-state index is 0.0630. The van der Waals surface area contributed by atoms with Crippen LogP contribution in [-0.4, -0.2) is 34.9 Å². The Balaban J connectivity index is 2.04. The molecule has 1 atom stereocenters. The number of aliphatic hydroxyl groups is 1. The summed E-state index contributed by atoms with van der Waals surface area (Å²) in [4.78, 5) is 22.9. The molecule has 1 unspecified atom stereocenters. The Labute approximate surface area is 145 Å². The number of aliphatic hydroxyl groups excluding tert-OH is 1. The highest BCUT2D eigenvalue weighted by Gasteiger charge is 2.30. The number of carbonyl (C=O) groups is 2. The Bertz CT molecular complexity index is 361. The van der Waals surface area contributed by atoms with Gasteiger partial charge in [0.05, 0.1) is 17.9 Å². The Morgan fingerprint density at radius 3 is 2.08 bits per heavy atom. The molecule has 1 aliphatic carbocycles. The molecule has 2 N–H and O–H groups in total. The van der Waals surface area contributed by atoms with Gasteiger partial charge < -0.3 is 14.9 Å². The summed E-state index contributed by atoms with van der Waals surface area (Å²) in [5.41, 5.74) is 0. The Kier molecular flexibility index (Phi) is 10.7. The number of hydrogen-bond acceptors (Lipinski definition) is 4. The fourth-order valence-corrected chi connectivity index (χ4v) is 3.29. The summed E-state index contributed by atoms with van der Waals surface area (Å²) in [6.45, 7) is 2.27. The maximum Gasteiger partial charge on any atom is 0.309 e. The Morgan fingerprint density at radius 2 is 1.50 bits per heavy atom. The second-order valence-electron chi connectivity index (χ2n) is 7.08. The van der Waals surface area contributed by atoms with E-state index < -0.39 is 12.1 Å². The molecule has 140 valence electrons. The van der Waals surface area contributed by atoms with Gasteiger partial charge in [-0.3, -0.25) is 9.59 Å². The van der Waals surface area contributed by atoms with Crippen LogP contribution in [-0.2, 0) is 14.3 Å². The molecule has 0 amide bonds. The van der Waals surface area contributed by atoms with Crippen LogP contribution in [0.1, 0.15) is 84.0 Å². The van der Waals surface area contributed by atoms with Crippen molar-refractivity contribution >= 4 is 11.9 Å². The third-order valence-electron chi connectivity index (χ3n) is 4.97. The van der Waals surface area contributed by atoms with Crippen LogP contribution in [0.5, 0.6) is 0 Å². The maximum atomic E-state index is 12.0. The minimum atomic E-state index is -0.771. The van der Waals surface area contributed by atoms with E-state index in [4.69, 9.17) is 9.84 Å². The number of rotatable bonds is 12. The van der Waals surface area contributed by atoms with Crippen LogP contribution in [0.4, 0.5) is 0 Å². The molecule has 0 aliphatic heterocycles. The molecule has 0 heterocycles. The SMILES string of the molecule is CCCCCCCCCC(O)COC(=O)C1CCC(C(=O)O)CC1. The van der Waals surface area contributed by atoms with Crippen molar-refractivity contribution in [1.29, 1.82) is 0 Å². The zero-order chi connectivity index (χ0) is 17.8. The van der Waals surface area contributed by atoms with Crippen molar-refractivity contribution < 1.29 is 24.5 Å². The molecule has 0 bridgehead atoms. The maximum absolute atomic E-state index is 12.0. The second-order valence-corrected chi connectivity index (χ2v) is 7.08. The summed E-state index contributed by atoms with van der Waals surface area (Å²) >= 11 is 0. The van der Waals surface area contributed by atoms with E-state index in [9.17, 15) is 14.7 Å². The van der Waals surface area contributed by atoms with Crippen LogP contribution in [0, 0.1) is 11.8 Å². The van der Waals surface area contributed by atoms with E-state index in [0.717, 1.165) is 12.8 Å². The van der Waals surface area contributed by atoms with Crippen LogP contribution in [0.25, 0.3) is 0 Å². The van der Waals surface area contributed by atoms with Crippen LogP contribution < -0.4 is 0 Å². The van der Waals surface area contributed by atoms with Gasteiger partial charge in [-0.2, -0.15) is 0 Å². The predicted molar refractivity (Wildman–Crippen MR) is 92.7 cm³/mol. The summed E-state index contributed by atoms with van der Waals surface area (Å²) in [5.74, 6) is -1.58. The zero-order valence-corrected chi connectivity index (χ0v) is 15.0. The number of carboxylic acids is 1. The Hall–Kier alpha value is -1.10. The molecule has 0 aromatic carbocycles. The number of carbonyl (C=O) groups excluding carboxylic acids is 1. The molecule has 1 fully saturated rings. The minimum Gasteiger partial charge on any atom is -0.481 e. The number of esters is 1. The van der Waals surface area contributed by atoms with Crippen molar-refractivity contribution in [2.24, 2.45) is 11.8 Å². The van der Waals surface area contributed by atoms with E-state index in [-0.39, 0.29) is 24.4 Å². The third kappa shape index (κ3) is 8.67. The molecule has 0 aromatic rings. The number of unbranched alkanes of at least 4 members (excludes halogenated alkanes) is 6. The molecule has 24 heavy (non-hydrogen) atoms. The number of carboxylic acid groups (broad SMARTS) is 1. The topological polar surface area (TPSA) is 83.8 Å². The normalized spacial score (nSPS) is 22.1. The molecular weight excluding hydrogens is 308 g/mol. The Morgan fingerprint density at radius 1 is 0.958 bits per heavy atom. The quantitative estimate of drug-likeness (QED) is 0.415. The molecule has 5 nitrogen and oxygen atoms in total. The molecule has 0 radical (unpaired) electrons. The van der Waals surface area contributed by atoms with Gasteiger partial charge >= 0.3 is 11.9 Å². The first-order valence-electron chi connectivity index (χ1n) is 9.62. The lowest BCUT2D eigenvalue weighted by Crippen LogP contribution is -2.29. The predicted octanol–water partition coefficient (Wildman–Crippen LogP) is 3.92. The van der Waals surface area contributed by atoms with Gasteiger partial charge in [0, 0.05) is 0 Å². The van der Waals surface area contributed by atoms with Crippen LogP contribution in [0.3, 0.4) is 0 Å². The smallest absolute Gasteiger partial charge is 0.309 e. The van der Waals surface area contributed by atoms with Gasteiger partial charge in [-0.25, -0.2) is 0 Å². The lowest BCUT2D eigenvalue weighted by Gasteiger charge is -2.25. The molecule has 1 saturated carbocycles. The standard InChI is InChI=1S/C19H34O5/c1-2-3-4-5-6-7-8-9-17(20)14-24-19(23)16-12-10-15(11-13-16)18(21)22/h15-17,20H,2-14H2,1H3,(H,21,22). The van der Waals surface area contributed by atoms with Crippen LogP contribution in [0.15, 0.2) is 0 Å². The molecular formula is C19H34O5. The monoisotopic (exact) mass is 342 g/mol. The first-order valence-corrected chi connectivity index (χ1v) is 9.62. The zero-order valence-electron chi connectivity index (χ0n) is 15.0. The van der Waals surface area contributed by atoms with Gasteiger partial charge in [-0.1, -0.05) is 51.9 Å². The number of ether oxygens (including phenoxy) is 1. The lowest BCUT2D eigenvalue weighted by atomic mass is 9.82. The average Bonchev–Trinajstić information content (AvgIpc) is 2.59. The first-order chi connectivity index (χ1) is 11.5. The van der Waals surface area contributed by atoms with Crippen LogP contribution in [0.2, 0.25) is 0 Å². The number of aliphatic carboxylic acids is 1. The van der Waals surface area contributed by atoms with E-state index in [1.165, 1.54) is 32.1 Å². The van der Waals surface area contributed by atoms with Crippen molar-refractivity contribution in [3.05, 3.63) is 0 Å². The first kappa shape index (κ1) is 20.9. The van der Waals surface area contributed by atoms with Crippen molar-refractivity contribution in [3.63, 3.8) is 0 Å². The van der Waals surface area contributed by atoms with E-state index >= 15 is 0 Å². The summed E-state index contributed by atoms with van der Waals surface area (Å²) in [6, 6.07) is 0. The molecule has 0 saturated heterocycles. The van der Waals surface area contributed by atoms with Crippen molar-refractivity contribution in [2.45, 2.75) is 90.1 Å². The van der Waals surface area contributed by atoms with Crippen LogP contribution >= 0.6 is 0 Å². The van der Waals surface area contributed by atoms with E-state index in [1.807, 2.05) is 0 Å². The lowest BCUT2D eigenvalue weighted by molar-refractivity contribution is -0.155. The molecule has 0 aromatic heterocycles. The summed E-state index contributed by atoms with van der Waals surface area (Å²) < 4.78 is 5.21. The van der Waals surface area contributed by atoms with E-state index in [2.05, 4.69) is 6.92 Å². The van der Waals surface area contributed by atoms with Crippen molar-refractivity contribution in [1.82, 2.24) is 0 Å².